The van der Waals surface area contributed by atoms with Gasteiger partial charge in [-0.3, -0.25) is 0 Å². The van der Waals surface area contributed by atoms with E-state index in [0.29, 0.717) is 6.04 Å². The van der Waals surface area contributed by atoms with Gasteiger partial charge in [0, 0.05) is 6.04 Å². The van der Waals surface area contributed by atoms with Gasteiger partial charge in [0.1, 0.15) is 0 Å². The fraction of sp³-hybridized carbons (Fsp3) is 0.667. The Morgan fingerprint density at radius 3 is 2.42 bits per heavy atom. The van der Waals surface area contributed by atoms with Gasteiger partial charge in [0.25, 0.3) is 0 Å². The number of likely N-dealkylation sites (N-methyl/N-ethyl adjacent to an activating group) is 1. The second kappa shape index (κ2) is 6.56. The quantitative estimate of drug-likeness (QED) is 0.854. The molecule has 1 N–H and O–H groups in total. The Balaban J connectivity index is 2.03. The van der Waals surface area contributed by atoms with E-state index in [0.717, 1.165) is 17.8 Å². The van der Waals surface area contributed by atoms with Crippen LogP contribution in [0.2, 0.25) is 0 Å². The van der Waals surface area contributed by atoms with E-state index >= 15 is 0 Å². The SMILES string of the molecule is CNC(Cc1cccc(C)c1)C1CC(C)CC(C)C1. The zero-order valence-corrected chi connectivity index (χ0v) is 12.9. The summed E-state index contributed by atoms with van der Waals surface area (Å²) in [6, 6.07) is 9.60. The van der Waals surface area contributed by atoms with E-state index in [1.54, 1.807) is 0 Å². The van der Waals surface area contributed by atoms with Crippen LogP contribution in [0.3, 0.4) is 0 Å². The number of aryl methyl sites for hydroxylation is 1. The highest BCUT2D eigenvalue weighted by molar-refractivity contribution is 5.23. The standard InChI is InChI=1S/C18H29N/c1-13-6-5-7-16(9-13)12-18(19-4)17-10-14(2)8-15(3)11-17/h5-7,9,14-15,17-19H,8,10-12H2,1-4H3. The molecule has 0 aliphatic heterocycles. The maximum atomic E-state index is 3.58. The van der Waals surface area contributed by atoms with Crippen LogP contribution in [-0.2, 0) is 6.42 Å². The van der Waals surface area contributed by atoms with Crippen molar-refractivity contribution in [3.8, 4) is 0 Å². The highest BCUT2D eigenvalue weighted by atomic mass is 14.9. The fourth-order valence-electron chi connectivity index (χ4n) is 3.94. The lowest BCUT2D eigenvalue weighted by Crippen LogP contribution is -2.39. The first-order valence-corrected chi connectivity index (χ1v) is 7.81. The van der Waals surface area contributed by atoms with Gasteiger partial charge in [-0.15, -0.1) is 0 Å². The van der Waals surface area contributed by atoms with Crippen molar-refractivity contribution >= 4 is 0 Å². The molecule has 1 fully saturated rings. The van der Waals surface area contributed by atoms with Crippen molar-refractivity contribution in [1.82, 2.24) is 5.32 Å². The second-order valence-electron chi connectivity index (χ2n) is 6.77. The molecule has 1 aliphatic rings. The van der Waals surface area contributed by atoms with E-state index in [1.807, 2.05) is 0 Å². The monoisotopic (exact) mass is 259 g/mol. The maximum absolute atomic E-state index is 3.58. The van der Waals surface area contributed by atoms with Crippen LogP contribution in [0, 0.1) is 24.7 Å². The Bertz CT molecular complexity index is 388. The largest absolute Gasteiger partial charge is 0.316 e. The zero-order valence-electron chi connectivity index (χ0n) is 12.9. The summed E-state index contributed by atoms with van der Waals surface area (Å²) >= 11 is 0. The Kier molecular flexibility index (Phi) is 5.04. The van der Waals surface area contributed by atoms with Crippen molar-refractivity contribution in [3.63, 3.8) is 0 Å². The minimum absolute atomic E-state index is 0.631. The molecule has 3 unspecified atom stereocenters. The normalized spacial score (nSPS) is 29.2. The van der Waals surface area contributed by atoms with E-state index in [-0.39, 0.29) is 0 Å². The lowest BCUT2D eigenvalue weighted by Gasteiger charge is -2.36. The van der Waals surface area contributed by atoms with E-state index in [1.165, 1.54) is 36.8 Å². The van der Waals surface area contributed by atoms with Crippen LogP contribution in [0.4, 0.5) is 0 Å². The number of hydrogen-bond acceptors (Lipinski definition) is 1. The molecule has 2 rings (SSSR count). The molecular weight excluding hydrogens is 230 g/mol. The van der Waals surface area contributed by atoms with Gasteiger partial charge in [-0.25, -0.2) is 0 Å². The molecule has 0 heterocycles. The minimum atomic E-state index is 0.631. The number of hydrogen-bond donors (Lipinski definition) is 1. The van der Waals surface area contributed by atoms with Gasteiger partial charge < -0.3 is 5.32 Å². The lowest BCUT2D eigenvalue weighted by atomic mass is 9.72. The molecule has 106 valence electrons. The van der Waals surface area contributed by atoms with Gasteiger partial charge in [-0.2, -0.15) is 0 Å². The van der Waals surface area contributed by atoms with Gasteiger partial charge in [0.05, 0.1) is 0 Å². The predicted octanol–water partition coefficient (Wildman–Crippen LogP) is 4.20. The fourth-order valence-corrected chi connectivity index (χ4v) is 3.94. The van der Waals surface area contributed by atoms with Gasteiger partial charge in [0.2, 0.25) is 0 Å². The second-order valence-corrected chi connectivity index (χ2v) is 6.77. The number of benzene rings is 1. The molecular formula is C18H29N. The van der Waals surface area contributed by atoms with Crippen molar-refractivity contribution in [2.24, 2.45) is 17.8 Å². The summed E-state index contributed by atoms with van der Waals surface area (Å²) in [4.78, 5) is 0. The maximum Gasteiger partial charge on any atom is 0.0133 e. The van der Waals surface area contributed by atoms with Crippen molar-refractivity contribution < 1.29 is 0 Å². The first-order chi connectivity index (χ1) is 9.08. The molecule has 1 heteroatoms. The third kappa shape index (κ3) is 4.07. The van der Waals surface area contributed by atoms with Crippen molar-refractivity contribution in [2.45, 2.75) is 52.5 Å². The van der Waals surface area contributed by atoms with Crippen molar-refractivity contribution in [1.29, 1.82) is 0 Å². The summed E-state index contributed by atoms with van der Waals surface area (Å²) < 4.78 is 0. The molecule has 0 saturated heterocycles. The summed E-state index contributed by atoms with van der Waals surface area (Å²) in [5.74, 6) is 2.62. The molecule has 0 amide bonds. The molecule has 3 atom stereocenters. The summed E-state index contributed by atoms with van der Waals surface area (Å²) in [6.07, 6.45) is 5.36. The minimum Gasteiger partial charge on any atom is -0.316 e. The summed E-state index contributed by atoms with van der Waals surface area (Å²) in [7, 11) is 2.13. The van der Waals surface area contributed by atoms with Crippen molar-refractivity contribution in [3.05, 3.63) is 35.4 Å². The van der Waals surface area contributed by atoms with Crippen LogP contribution >= 0.6 is 0 Å². The number of nitrogens with one attached hydrogen (secondary N) is 1. The van der Waals surface area contributed by atoms with Crippen LogP contribution in [0.25, 0.3) is 0 Å². The van der Waals surface area contributed by atoms with Gasteiger partial charge in [0.15, 0.2) is 0 Å². The van der Waals surface area contributed by atoms with E-state index in [2.05, 4.69) is 57.4 Å². The highest BCUT2D eigenvalue weighted by Gasteiger charge is 2.29. The first-order valence-electron chi connectivity index (χ1n) is 7.81. The molecule has 0 spiro atoms. The van der Waals surface area contributed by atoms with E-state index in [4.69, 9.17) is 0 Å². The topological polar surface area (TPSA) is 12.0 Å². The third-order valence-electron chi connectivity index (χ3n) is 4.69. The summed E-state index contributed by atoms with van der Waals surface area (Å²) in [6.45, 7) is 7.02. The van der Waals surface area contributed by atoms with Gasteiger partial charge in [-0.05, 0) is 63.0 Å². The molecule has 0 aromatic heterocycles. The molecule has 1 aliphatic carbocycles. The van der Waals surface area contributed by atoms with Gasteiger partial charge >= 0.3 is 0 Å². The van der Waals surface area contributed by atoms with Gasteiger partial charge in [-0.1, -0.05) is 43.7 Å². The van der Waals surface area contributed by atoms with E-state index < -0.39 is 0 Å². The molecule has 1 saturated carbocycles. The average Bonchev–Trinajstić information content (AvgIpc) is 2.34. The predicted molar refractivity (Wildman–Crippen MR) is 83.4 cm³/mol. The lowest BCUT2D eigenvalue weighted by molar-refractivity contribution is 0.179. The Morgan fingerprint density at radius 2 is 1.84 bits per heavy atom. The molecule has 0 bridgehead atoms. The number of rotatable bonds is 4. The van der Waals surface area contributed by atoms with Crippen LogP contribution in [0.5, 0.6) is 0 Å². The highest BCUT2D eigenvalue weighted by Crippen LogP contribution is 2.35. The van der Waals surface area contributed by atoms with Crippen LogP contribution in [0.1, 0.15) is 44.2 Å². The zero-order chi connectivity index (χ0) is 13.8. The molecule has 1 aromatic carbocycles. The van der Waals surface area contributed by atoms with E-state index in [9.17, 15) is 0 Å². The average molecular weight is 259 g/mol. The summed E-state index contributed by atoms with van der Waals surface area (Å²) in [5, 5.41) is 3.58. The van der Waals surface area contributed by atoms with Crippen LogP contribution in [-0.4, -0.2) is 13.1 Å². The Morgan fingerprint density at radius 1 is 1.16 bits per heavy atom. The first kappa shape index (κ1) is 14.6. The van der Waals surface area contributed by atoms with Crippen molar-refractivity contribution in [2.75, 3.05) is 7.05 Å². The third-order valence-corrected chi connectivity index (χ3v) is 4.69. The smallest absolute Gasteiger partial charge is 0.0133 e. The van der Waals surface area contributed by atoms with Crippen LogP contribution in [0.15, 0.2) is 24.3 Å². The Hall–Kier alpha value is -0.820. The Labute approximate surface area is 118 Å². The molecule has 0 radical (unpaired) electrons. The molecule has 19 heavy (non-hydrogen) atoms. The molecule has 1 nitrogen and oxygen atoms in total. The summed E-state index contributed by atoms with van der Waals surface area (Å²) in [5.41, 5.74) is 2.85. The van der Waals surface area contributed by atoms with Crippen LogP contribution < -0.4 is 5.32 Å². The molecule has 1 aromatic rings.